The first kappa shape index (κ1) is 16.2. The molecule has 0 saturated carbocycles. The van der Waals surface area contributed by atoms with Crippen molar-refractivity contribution in [2.45, 2.75) is 33.2 Å². The van der Waals surface area contributed by atoms with E-state index in [9.17, 15) is 0 Å². The van der Waals surface area contributed by atoms with Crippen molar-refractivity contribution in [3.8, 4) is 0 Å². The van der Waals surface area contributed by atoms with Crippen LogP contribution in [0, 0.1) is 0 Å². The summed E-state index contributed by atoms with van der Waals surface area (Å²) < 4.78 is 3.25. The number of thioether (sulfide) groups is 2. The molecular weight excluding hydrogens is 439 g/mol. The number of hydrogen-bond acceptors (Lipinski definition) is 2. The molecule has 0 radical (unpaired) electrons. The van der Waals surface area contributed by atoms with Crippen molar-refractivity contribution in [1.82, 2.24) is 0 Å². The van der Waals surface area contributed by atoms with Gasteiger partial charge < -0.3 is 24.0 Å². The van der Waals surface area contributed by atoms with Crippen LogP contribution in [0.15, 0.2) is 0 Å². The van der Waals surface area contributed by atoms with E-state index in [1.807, 2.05) is 0 Å². The molecule has 1 heterocycles. The summed E-state index contributed by atoms with van der Waals surface area (Å²) in [7, 11) is 0. The standard InChI is InChI=1S/C10H21S2Te.HI/c1-13-9-3-7-11-5-2-6-12-8-4-10-13;/h2-10H2,1H3;1H/q+1;/p-1. The first-order valence-electron chi connectivity index (χ1n) is 5.14. The average molecular weight is 460 g/mol. The zero-order valence-corrected chi connectivity index (χ0v) is 15.1. The fourth-order valence-corrected chi connectivity index (χ4v) is 8.73. The van der Waals surface area contributed by atoms with Crippen LogP contribution in [-0.2, 0) is 0 Å². The Kier molecular flexibility index (Phi) is 13.6. The molecule has 0 spiro atoms. The largest absolute Gasteiger partial charge is 1.00 e. The Balaban J connectivity index is 0.00000169. The van der Waals surface area contributed by atoms with Gasteiger partial charge in [0.15, 0.2) is 0 Å². The summed E-state index contributed by atoms with van der Waals surface area (Å²) in [5.74, 6) is 5.70. The van der Waals surface area contributed by atoms with Gasteiger partial charge in [-0.1, -0.05) is 0 Å². The molecule has 1 fully saturated rings. The first-order valence-corrected chi connectivity index (χ1v) is 13.1. The van der Waals surface area contributed by atoms with Crippen molar-refractivity contribution in [3.05, 3.63) is 0 Å². The Bertz CT molecular complexity index is 113. The summed E-state index contributed by atoms with van der Waals surface area (Å²) in [6.45, 7) is 0. The predicted octanol–water partition coefficient (Wildman–Crippen LogP) is 0.765. The van der Waals surface area contributed by atoms with Crippen LogP contribution in [0.5, 0.6) is 0 Å². The Morgan fingerprint density at radius 1 is 0.786 bits per heavy atom. The van der Waals surface area contributed by atoms with Crippen LogP contribution >= 0.6 is 23.5 Å². The van der Waals surface area contributed by atoms with Gasteiger partial charge in [-0.25, -0.2) is 0 Å². The van der Waals surface area contributed by atoms with E-state index in [1.54, 1.807) is 8.94 Å². The minimum absolute atomic E-state index is 0. The van der Waals surface area contributed by atoms with Gasteiger partial charge in [-0.3, -0.25) is 0 Å². The molecule has 14 heavy (non-hydrogen) atoms. The van der Waals surface area contributed by atoms with E-state index in [2.05, 4.69) is 28.5 Å². The summed E-state index contributed by atoms with van der Waals surface area (Å²) >= 11 is 3.81. The molecule has 0 amide bonds. The van der Waals surface area contributed by atoms with E-state index < -0.39 is 19.6 Å². The first-order chi connectivity index (χ1) is 6.39. The Hall–Kier alpha value is 2.22. The van der Waals surface area contributed by atoms with E-state index in [4.69, 9.17) is 0 Å². The summed E-state index contributed by atoms with van der Waals surface area (Å²) in [4.78, 5) is 2.59. The normalized spacial score (nSPS) is 22.9. The summed E-state index contributed by atoms with van der Waals surface area (Å²) in [5.41, 5.74) is 0. The van der Waals surface area contributed by atoms with Crippen molar-refractivity contribution in [2.75, 3.05) is 23.0 Å². The van der Waals surface area contributed by atoms with Crippen molar-refractivity contribution in [2.24, 2.45) is 0 Å². The maximum atomic E-state index is 2.59. The van der Waals surface area contributed by atoms with Crippen molar-refractivity contribution >= 4 is 43.1 Å². The van der Waals surface area contributed by atoms with E-state index >= 15 is 0 Å². The minimum Gasteiger partial charge on any atom is -1.00 e. The van der Waals surface area contributed by atoms with Gasteiger partial charge in [0.05, 0.1) is 0 Å². The van der Waals surface area contributed by atoms with Gasteiger partial charge in [0, 0.05) is 0 Å². The van der Waals surface area contributed by atoms with E-state index in [1.165, 1.54) is 42.3 Å². The van der Waals surface area contributed by atoms with Gasteiger partial charge in [0.25, 0.3) is 0 Å². The molecule has 0 N–H and O–H groups in total. The molecule has 0 aromatic carbocycles. The second-order valence-corrected chi connectivity index (χ2v) is 12.7. The van der Waals surface area contributed by atoms with Crippen LogP contribution in [0.3, 0.4) is 0 Å². The van der Waals surface area contributed by atoms with Crippen LogP contribution in [0.1, 0.15) is 19.3 Å². The zero-order valence-electron chi connectivity index (χ0n) is 8.97. The van der Waals surface area contributed by atoms with Gasteiger partial charge in [-0.05, 0) is 0 Å². The van der Waals surface area contributed by atoms with Gasteiger partial charge in [0.2, 0.25) is 0 Å². The molecule has 0 nitrogen and oxygen atoms in total. The third-order valence-corrected chi connectivity index (χ3v) is 10.1. The van der Waals surface area contributed by atoms with E-state index in [0.717, 1.165) is 0 Å². The van der Waals surface area contributed by atoms with Crippen LogP contribution in [0.2, 0.25) is 13.9 Å². The molecule has 0 unspecified atom stereocenters. The monoisotopic (exact) mass is 462 g/mol. The molecule has 4 heteroatoms. The molecule has 1 rings (SSSR count). The summed E-state index contributed by atoms with van der Waals surface area (Å²) in [5, 5.41) is 0. The van der Waals surface area contributed by atoms with Crippen molar-refractivity contribution in [1.29, 1.82) is 0 Å². The second-order valence-electron chi connectivity index (χ2n) is 3.48. The zero-order chi connectivity index (χ0) is 9.36. The molecule has 1 aliphatic rings. The molecule has 1 saturated heterocycles. The fourth-order valence-electron chi connectivity index (χ4n) is 1.38. The molecule has 0 aromatic heterocycles. The van der Waals surface area contributed by atoms with Crippen LogP contribution < -0.4 is 24.0 Å². The SMILES string of the molecule is C[Te+]1CCCSCCCSCCC1.[I-]. The van der Waals surface area contributed by atoms with Gasteiger partial charge in [-0.2, -0.15) is 0 Å². The third kappa shape index (κ3) is 9.45. The molecule has 0 aliphatic carbocycles. The topological polar surface area (TPSA) is 0 Å². The van der Waals surface area contributed by atoms with Crippen LogP contribution in [0.4, 0.5) is 0 Å². The van der Waals surface area contributed by atoms with E-state index in [0.29, 0.717) is 0 Å². The molecule has 0 atom stereocenters. The maximum Gasteiger partial charge on any atom is -1.00 e. The molecule has 0 bridgehead atoms. The van der Waals surface area contributed by atoms with Gasteiger partial charge >= 0.3 is 99.3 Å². The van der Waals surface area contributed by atoms with Crippen molar-refractivity contribution < 1.29 is 24.0 Å². The third-order valence-electron chi connectivity index (χ3n) is 2.14. The van der Waals surface area contributed by atoms with Gasteiger partial charge in [-0.15, -0.1) is 0 Å². The number of rotatable bonds is 0. The molecule has 0 aromatic rings. The molecular formula is C10H21IS2Te. The van der Waals surface area contributed by atoms with Crippen LogP contribution in [-0.4, -0.2) is 42.6 Å². The summed E-state index contributed by atoms with van der Waals surface area (Å²) in [6.07, 6.45) is 4.47. The predicted molar refractivity (Wildman–Crippen MR) is 69.7 cm³/mol. The quantitative estimate of drug-likeness (QED) is 0.388. The minimum atomic E-state index is -0.559. The fraction of sp³-hybridized carbons (Fsp3) is 1.00. The maximum absolute atomic E-state index is 2.59. The Labute approximate surface area is 122 Å². The number of hydrogen-bond donors (Lipinski definition) is 0. The smallest absolute Gasteiger partial charge is 1.00 e. The molecule has 86 valence electrons. The van der Waals surface area contributed by atoms with Crippen LogP contribution in [0.25, 0.3) is 0 Å². The average Bonchev–Trinajstić information content (AvgIpc) is 2.11. The van der Waals surface area contributed by atoms with Crippen molar-refractivity contribution in [3.63, 3.8) is 0 Å². The molecule has 1 aliphatic heterocycles. The van der Waals surface area contributed by atoms with Gasteiger partial charge in [0.1, 0.15) is 0 Å². The van der Waals surface area contributed by atoms with E-state index in [-0.39, 0.29) is 24.0 Å². The second kappa shape index (κ2) is 11.7. The number of halogens is 1. The summed E-state index contributed by atoms with van der Waals surface area (Å²) in [6, 6.07) is 0. The Morgan fingerprint density at radius 3 is 1.71 bits per heavy atom. The Morgan fingerprint density at radius 2 is 1.21 bits per heavy atom.